The van der Waals surface area contributed by atoms with Crippen molar-refractivity contribution in [3.8, 4) is 0 Å². The fourth-order valence-electron chi connectivity index (χ4n) is 2.15. The largest absolute Gasteiger partial charge is 0.378 e. The molecular weight excluding hydrogens is 174 g/mol. The molecule has 0 aromatic carbocycles. The third-order valence-electron chi connectivity index (χ3n) is 2.95. The Balaban J connectivity index is 2.12. The normalized spacial score (nSPS) is 27.9. The van der Waals surface area contributed by atoms with Crippen molar-refractivity contribution in [2.45, 2.75) is 52.1 Å². The van der Waals surface area contributed by atoms with E-state index in [0.717, 1.165) is 19.1 Å². The molecule has 0 aromatic heterocycles. The summed E-state index contributed by atoms with van der Waals surface area (Å²) < 4.78 is 5.73. The van der Waals surface area contributed by atoms with E-state index in [0.29, 0.717) is 6.10 Å². The maximum absolute atomic E-state index is 5.73. The van der Waals surface area contributed by atoms with Gasteiger partial charge < -0.3 is 10.1 Å². The highest BCUT2D eigenvalue weighted by molar-refractivity contribution is 4.73. The average molecular weight is 199 g/mol. The minimum absolute atomic E-state index is 0.544. The summed E-state index contributed by atoms with van der Waals surface area (Å²) in [6, 6.07) is 0. The molecule has 1 rings (SSSR count). The van der Waals surface area contributed by atoms with E-state index in [9.17, 15) is 0 Å². The molecule has 84 valence electrons. The number of rotatable bonds is 6. The molecular formula is C12H25NO. The Morgan fingerprint density at radius 2 is 2.14 bits per heavy atom. The Bertz CT molecular complexity index is 136. The standard InChI is InChI=1S/C12H25NO/c1-3-5-12-9-11(6-8-14-12)10-13-7-4-2/h11-13H,3-10H2,1-2H3. The first-order valence-electron chi connectivity index (χ1n) is 6.19. The van der Waals surface area contributed by atoms with Gasteiger partial charge in [0.1, 0.15) is 0 Å². The van der Waals surface area contributed by atoms with Gasteiger partial charge in [-0.2, -0.15) is 0 Å². The molecule has 0 aromatic rings. The smallest absolute Gasteiger partial charge is 0.0578 e. The molecule has 0 bridgehead atoms. The molecule has 1 fully saturated rings. The molecule has 1 aliphatic heterocycles. The second kappa shape index (κ2) is 7.24. The molecule has 2 nitrogen and oxygen atoms in total. The Hall–Kier alpha value is -0.0800. The van der Waals surface area contributed by atoms with Crippen LogP contribution in [-0.4, -0.2) is 25.8 Å². The zero-order chi connectivity index (χ0) is 10.2. The molecule has 0 spiro atoms. The van der Waals surface area contributed by atoms with Gasteiger partial charge in [0.25, 0.3) is 0 Å². The van der Waals surface area contributed by atoms with Gasteiger partial charge in [0, 0.05) is 6.61 Å². The minimum Gasteiger partial charge on any atom is -0.378 e. The number of nitrogens with one attached hydrogen (secondary N) is 1. The Labute approximate surface area is 88.4 Å². The average Bonchev–Trinajstić information content (AvgIpc) is 2.19. The summed E-state index contributed by atoms with van der Waals surface area (Å²) >= 11 is 0. The molecule has 0 amide bonds. The predicted octanol–water partition coefficient (Wildman–Crippen LogP) is 2.58. The van der Waals surface area contributed by atoms with Crippen molar-refractivity contribution in [3.05, 3.63) is 0 Å². The van der Waals surface area contributed by atoms with Gasteiger partial charge in [-0.25, -0.2) is 0 Å². The van der Waals surface area contributed by atoms with E-state index in [1.165, 1.54) is 38.6 Å². The summed E-state index contributed by atoms with van der Waals surface area (Å²) in [6.45, 7) is 7.79. The van der Waals surface area contributed by atoms with Crippen LogP contribution in [0.4, 0.5) is 0 Å². The van der Waals surface area contributed by atoms with Gasteiger partial charge in [0.15, 0.2) is 0 Å². The SMILES string of the molecule is CCCNCC1CCOC(CCC)C1. The van der Waals surface area contributed by atoms with Crippen LogP contribution >= 0.6 is 0 Å². The zero-order valence-electron chi connectivity index (χ0n) is 9.72. The summed E-state index contributed by atoms with van der Waals surface area (Å²) in [7, 11) is 0. The van der Waals surface area contributed by atoms with Crippen molar-refractivity contribution >= 4 is 0 Å². The van der Waals surface area contributed by atoms with Gasteiger partial charge in [-0.1, -0.05) is 20.3 Å². The van der Waals surface area contributed by atoms with E-state index >= 15 is 0 Å². The van der Waals surface area contributed by atoms with Crippen molar-refractivity contribution < 1.29 is 4.74 Å². The summed E-state index contributed by atoms with van der Waals surface area (Å²) in [6.07, 6.45) is 6.79. The van der Waals surface area contributed by atoms with Crippen molar-refractivity contribution in [2.75, 3.05) is 19.7 Å². The first-order valence-corrected chi connectivity index (χ1v) is 6.19. The summed E-state index contributed by atoms with van der Waals surface area (Å²) in [5.41, 5.74) is 0. The monoisotopic (exact) mass is 199 g/mol. The summed E-state index contributed by atoms with van der Waals surface area (Å²) in [5, 5.41) is 3.51. The highest BCUT2D eigenvalue weighted by Crippen LogP contribution is 2.22. The van der Waals surface area contributed by atoms with Crippen LogP contribution in [0.15, 0.2) is 0 Å². The second-order valence-electron chi connectivity index (χ2n) is 4.38. The van der Waals surface area contributed by atoms with Crippen LogP contribution < -0.4 is 5.32 Å². The third-order valence-corrected chi connectivity index (χ3v) is 2.95. The Morgan fingerprint density at radius 3 is 2.86 bits per heavy atom. The molecule has 14 heavy (non-hydrogen) atoms. The lowest BCUT2D eigenvalue weighted by Gasteiger charge is -2.29. The quantitative estimate of drug-likeness (QED) is 0.664. The van der Waals surface area contributed by atoms with Crippen LogP contribution in [0.3, 0.4) is 0 Å². The molecule has 1 heterocycles. The zero-order valence-corrected chi connectivity index (χ0v) is 9.72. The van der Waals surface area contributed by atoms with Gasteiger partial charge in [-0.05, 0) is 44.7 Å². The molecule has 2 unspecified atom stereocenters. The molecule has 0 radical (unpaired) electrons. The predicted molar refractivity (Wildman–Crippen MR) is 60.5 cm³/mol. The fourth-order valence-corrected chi connectivity index (χ4v) is 2.15. The third kappa shape index (κ3) is 4.43. The first-order chi connectivity index (χ1) is 6.86. The van der Waals surface area contributed by atoms with Crippen LogP contribution in [0, 0.1) is 5.92 Å². The van der Waals surface area contributed by atoms with Gasteiger partial charge in [0.05, 0.1) is 6.10 Å². The van der Waals surface area contributed by atoms with Gasteiger partial charge in [-0.15, -0.1) is 0 Å². The van der Waals surface area contributed by atoms with E-state index in [1.54, 1.807) is 0 Å². The highest BCUT2D eigenvalue weighted by Gasteiger charge is 2.21. The number of ether oxygens (including phenoxy) is 1. The molecule has 2 heteroatoms. The van der Waals surface area contributed by atoms with Crippen molar-refractivity contribution in [1.82, 2.24) is 5.32 Å². The van der Waals surface area contributed by atoms with Crippen molar-refractivity contribution in [2.24, 2.45) is 5.92 Å². The van der Waals surface area contributed by atoms with Crippen LogP contribution in [0.5, 0.6) is 0 Å². The maximum Gasteiger partial charge on any atom is 0.0578 e. The molecule has 2 atom stereocenters. The van der Waals surface area contributed by atoms with E-state index in [4.69, 9.17) is 4.74 Å². The lowest BCUT2D eigenvalue weighted by molar-refractivity contribution is -0.0130. The molecule has 0 saturated carbocycles. The molecule has 1 N–H and O–H groups in total. The highest BCUT2D eigenvalue weighted by atomic mass is 16.5. The van der Waals surface area contributed by atoms with Gasteiger partial charge >= 0.3 is 0 Å². The fraction of sp³-hybridized carbons (Fsp3) is 1.00. The molecule has 1 aliphatic rings. The van der Waals surface area contributed by atoms with E-state index < -0.39 is 0 Å². The number of hydrogen-bond donors (Lipinski definition) is 1. The second-order valence-corrected chi connectivity index (χ2v) is 4.38. The first kappa shape index (κ1) is 12.0. The van der Waals surface area contributed by atoms with Crippen LogP contribution in [0.25, 0.3) is 0 Å². The molecule has 1 saturated heterocycles. The minimum atomic E-state index is 0.544. The van der Waals surface area contributed by atoms with Crippen LogP contribution in [0.1, 0.15) is 46.0 Å². The van der Waals surface area contributed by atoms with Crippen molar-refractivity contribution in [3.63, 3.8) is 0 Å². The van der Waals surface area contributed by atoms with Crippen LogP contribution in [-0.2, 0) is 4.74 Å². The van der Waals surface area contributed by atoms with Crippen LogP contribution in [0.2, 0.25) is 0 Å². The Kier molecular flexibility index (Phi) is 6.20. The summed E-state index contributed by atoms with van der Waals surface area (Å²) in [4.78, 5) is 0. The van der Waals surface area contributed by atoms with E-state index in [1.807, 2.05) is 0 Å². The molecule has 0 aliphatic carbocycles. The Morgan fingerprint density at radius 1 is 1.29 bits per heavy atom. The topological polar surface area (TPSA) is 21.3 Å². The summed E-state index contributed by atoms with van der Waals surface area (Å²) in [5.74, 6) is 0.854. The van der Waals surface area contributed by atoms with E-state index in [2.05, 4.69) is 19.2 Å². The maximum atomic E-state index is 5.73. The van der Waals surface area contributed by atoms with Gasteiger partial charge in [0.2, 0.25) is 0 Å². The lowest BCUT2D eigenvalue weighted by atomic mass is 9.93. The van der Waals surface area contributed by atoms with Crippen molar-refractivity contribution in [1.29, 1.82) is 0 Å². The number of hydrogen-bond acceptors (Lipinski definition) is 2. The van der Waals surface area contributed by atoms with Gasteiger partial charge in [-0.3, -0.25) is 0 Å². The lowest BCUT2D eigenvalue weighted by Crippen LogP contribution is -2.32. The van der Waals surface area contributed by atoms with E-state index in [-0.39, 0.29) is 0 Å².